The van der Waals surface area contributed by atoms with Crippen molar-refractivity contribution in [2.24, 2.45) is 0 Å². The number of benzene rings is 2. The summed E-state index contributed by atoms with van der Waals surface area (Å²) in [6, 6.07) is 13.2. The first kappa shape index (κ1) is 55.1. The van der Waals surface area contributed by atoms with Crippen molar-refractivity contribution in [3.63, 3.8) is 0 Å². The number of rotatable bonds is 42. The van der Waals surface area contributed by atoms with E-state index in [-0.39, 0.29) is 42.0 Å². The normalized spacial score (nSPS) is 14.7. The van der Waals surface area contributed by atoms with Crippen LogP contribution >= 0.6 is 0 Å². The number of unbranched alkanes of at least 4 members (excludes halogenated alkanes) is 2. The van der Waals surface area contributed by atoms with E-state index in [4.69, 9.17) is 56.8 Å². The lowest BCUT2D eigenvalue weighted by atomic mass is 10.0. The quantitative estimate of drug-likeness (QED) is 0.0721. The zero-order chi connectivity index (χ0) is 47.4. The van der Waals surface area contributed by atoms with Crippen molar-refractivity contribution in [3.8, 4) is 5.75 Å². The average Bonchev–Trinajstić information content (AvgIpc) is 3.58. The Bertz CT molecular complexity index is 1700. The highest BCUT2D eigenvalue weighted by atomic mass is 16.6. The van der Waals surface area contributed by atoms with E-state index in [1.54, 1.807) is 12.1 Å². The van der Waals surface area contributed by atoms with Gasteiger partial charge in [-0.05, 0) is 43.5 Å². The van der Waals surface area contributed by atoms with E-state index >= 15 is 0 Å². The number of para-hydroxylation sites is 1. The van der Waals surface area contributed by atoms with Crippen molar-refractivity contribution in [1.29, 1.82) is 0 Å². The van der Waals surface area contributed by atoms with Crippen LogP contribution in [0.25, 0.3) is 0 Å². The van der Waals surface area contributed by atoms with E-state index in [0.717, 1.165) is 23.5 Å². The summed E-state index contributed by atoms with van der Waals surface area (Å²) in [4.78, 5) is 63.6. The molecule has 0 bridgehead atoms. The number of piperidine rings is 1. The van der Waals surface area contributed by atoms with E-state index in [1.807, 2.05) is 30.3 Å². The fourth-order valence-corrected chi connectivity index (χ4v) is 6.53. The molecular formula is C47H69N3O17. The number of hydrogen-bond donors (Lipinski definition) is 2. The number of ether oxygens (including phenoxy) is 12. The van der Waals surface area contributed by atoms with Gasteiger partial charge in [-0.15, -0.1) is 0 Å². The van der Waals surface area contributed by atoms with Crippen LogP contribution in [0.3, 0.4) is 0 Å². The molecule has 1 fully saturated rings. The minimum atomic E-state index is -1.08. The summed E-state index contributed by atoms with van der Waals surface area (Å²) >= 11 is 0. The first-order valence-corrected chi connectivity index (χ1v) is 23.1. The van der Waals surface area contributed by atoms with Gasteiger partial charge in [0.05, 0.1) is 156 Å². The zero-order valence-corrected chi connectivity index (χ0v) is 38.6. The van der Waals surface area contributed by atoms with Gasteiger partial charge in [0.1, 0.15) is 18.4 Å². The number of imide groups is 2. The van der Waals surface area contributed by atoms with Crippen LogP contribution in [-0.2, 0) is 66.5 Å². The fraction of sp³-hybridized carbons (Fsp3) is 0.638. The molecule has 4 rings (SSSR count). The van der Waals surface area contributed by atoms with Crippen LogP contribution in [-0.4, -0.2) is 192 Å². The molecule has 2 aromatic rings. The molecule has 2 aliphatic rings. The van der Waals surface area contributed by atoms with Crippen molar-refractivity contribution in [2.75, 3.05) is 157 Å². The summed E-state index contributed by atoms with van der Waals surface area (Å²) in [6.07, 6.45) is 2.43. The maximum atomic E-state index is 13.2. The molecule has 374 valence electrons. The van der Waals surface area contributed by atoms with Crippen LogP contribution in [0.15, 0.2) is 48.5 Å². The van der Waals surface area contributed by atoms with Gasteiger partial charge in [-0.2, -0.15) is 0 Å². The Labute approximate surface area is 392 Å². The first-order valence-electron chi connectivity index (χ1n) is 23.1. The topological polar surface area (TPSA) is 223 Å². The van der Waals surface area contributed by atoms with Crippen LogP contribution in [0.5, 0.6) is 5.75 Å². The number of carbonyl (C=O) groups excluding carboxylic acids is 5. The minimum Gasteiger partial charge on any atom is -0.491 e. The molecule has 67 heavy (non-hydrogen) atoms. The number of fused-ring (bicyclic) bond motifs is 1. The number of anilines is 1. The lowest BCUT2D eigenvalue weighted by Crippen LogP contribution is -2.54. The number of hydrogen-bond acceptors (Lipinski definition) is 17. The van der Waals surface area contributed by atoms with Gasteiger partial charge in [0.25, 0.3) is 11.8 Å². The third-order valence-electron chi connectivity index (χ3n) is 9.89. The molecule has 1 saturated heterocycles. The molecule has 2 aromatic carbocycles. The maximum absolute atomic E-state index is 13.2. The van der Waals surface area contributed by atoms with Crippen LogP contribution in [0.4, 0.5) is 5.69 Å². The molecule has 5 amide bonds. The van der Waals surface area contributed by atoms with Crippen molar-refractivity contribution >= 4 is 35.2 Å². The lowest BCUT2D eigenvalue weighted by molar-refractivity contribution is -0.136. The number of nitrogens with one attached hydrogen (secondary N) is 2. The Morgan fingerprint density at radius 1 is 0.507 bits per heavy atom. The van der Waals surface area contributed by atoms with Gasteiger partial charge in [-0.3, -0.25) is 34.2 Å². The fourth-order valence-electron chi connectivity index (χ4n) is 6.53. The summed E-state index contributed by atoms with van der Waals surface area (Å²) in [6.45, 7) is 11.0. The lowest BCUT2D eigenvalue weighted by Gasteiger charge is -2.27. The molecular weight excluding hydrogens is 879 g/mol. The van der Waals surface area contributed by atoms with Gasteiger partial charge in [0, 0.05) is 19.4 Å². The van der Waals surface area contributed by atoms with Crippen molar-refractivity contribution in [3.05, 3.63) is 59.7 Å². The van der Waals surface area contributed by atoms with Gasteiger partial charge in [-0.1, -0.05) is 30.7 Å². The molecule has 2 aliphatic heterocycles. The molecule has 0 saturated carbocycles. The molecule has 20 nitrogen and oxygen atoms in total. The summed E-state index contributed by atoms with van der Waals surface area (Å²) in [5.41, 5.74) is 0.377. The molecule has 1 atom stereocenters. The number of amides is 5. The highest BCUT2D eigenvalue weighted by molar-refractivity contribution is 6.26. The van der Waals surface area contributed by atoms with Crippen LogP contribution in [0.1, 0.15) is 59.2 Å². The first-order chi connectivity index (χ1) is 33.0. The van der Waals surface area contributed by atoms with Crippen molar-refractivity contribution in [1.82, 2.24) is 10.2 Å². The minimum absolute atomic E-state index is 0.0261. The molecule has 2 heterocycles. The van der Waals surface area contributed by atoms with Crippen LogP contribution < -0.4 is 15.4 Å². The van der Waals surface area contributed by atoms with E-state index in [0.29, 0.717) is 158 Å². The smallest absolute Gasteiger partial charge is 0.264 e. The van der Waals surface area contributed by atoms with Gasteiger partial charge in [-0.25, -0.2) is 0 Å². The summed E-state index contributed by atoms with van der Waals surface area (Å²) in [5.74, 6) is -1.89. The highest BCUT2D eigenvalue weighted by Gasteiger charge is 2.45. The summed E-state index contributed by atoms with van der Waals surface area (Å²) in [5, 5.41) is 4.91. The third-order valence-corrected chi connectivity index (χ3v) is 9.89. The standard InChI is InChI=1S/C47H69N3O17/c51-42(48-40-11-7-10-39-44(40)47(55)50(46(39)54)41-13-14-43(52)49-45(41)53)12-5-2-6-15-56-16-17-57-18-19-58-20-21-59-22-23-60-24-25-61-26-27-62-28-29-63-30-31-64-32-33-65-34-35-66-36-37-67-38-8-3-1-4-9-38/h1,3-4,7-11,41H,2,5-6,12-37H2,(H,48,51)(H,49,52,53). The van der Waals surface area contributed by atoms with Gasteiger partial charge < -0.3 is 62.2 Å². The van der Waals surface area contributed by atoms with E-state index in [1.165, 1.54) is 6.07 Å². The van der Waals surface area contributed by atoms with Gasteiger partial charge >= 0.3 is 0 Å². The summed E-state index contributed by atoms with van der Waals surface area (Å²) < 4.78 is 66.2. The number of nitrogens with zero attached hydrogens (tertiary/aromatic N) is 1. The molecule has 1 unspecified atom stereocenters. The van der Waals surface area contributed by atoms with Crippen molar-refractivity contribution in [2.45, 2.75) is 44.6 Å². The third kappa shape index (κ3) is 23.4. The van der Waals surface area contributed by atoms with E-state index < -0.39 is 29.7 Å². The molecule has 2 N–H and O–H groups in total. The second-order valence-corrected chi connectivity index (χ2v) is 14.9. The Morgan fingerprint density at radius 3 is 1.42 bits per heavy atom. The van der Waals surface area contributed by atoms with Crippen LogP contribution in [0, 0.1) is 0 Å². The molecule has 0 spiro atoms. The van der Waals surface area contributed by atoms with Gasteiger partial charge in [0.15, 0.2) is 0 Å². The Balaban J connectivity index is 0.794. The monoisotopic (exact) mass is 947 g/mol. The Kier molecular flexibility index (Phi) is 29.4. The average molecular weight is 948 g/mol. The molecule has 0 aromatic heterocycles. The van der Waals surface area contributed by atoms with Crippen molar-refractivity contribution < 1.29 is 80.8 Å². The molecule has 0 aliphatic carbocycles. The van der Waals surface area contributed by atoms with E-state index in [9.17, 15) is 24.0 Å². The van der Waals surface area contributed by atoms with Gasteiger partial charge in [0.2, 0.25) is 17.7 Å². The molecule has 20 heteroatoms. The van der Waals surface area contributed by atoms with E-state index in [2.05, 4.69) is 10.6 Å². The Morgan fingerprint density at radius 2 is 0.955 bits per heavy atom. The highest BCUT2D eigenvalue weighted by Crippen LogP contribution is 2.32. The number of carbonyl (C=O) groups is 5. The largest absolute Gasteiger partial charge is 0.491 e. The predicted molar refractivity (Wildman–Crippen MR) is 241 cm³/mol. The predicted octanol–water partition coefficient (Wildman–Crippen LogP) is 2.85. The second kappa shape index (κ2) is 35.7. The zero-order valence-electron chi connectivity index (χ0n) is 38.6. The Hall–Kier alpha value is -4.45. The maximum Gasteiger partial charge on any atom is 0.264 e. The second-order valence-electron chi connectivity index (χ2n) is 14.9. The SMILES string of the molecule is O=C1CCC(N2C(=O)c3cccc(NC(=O)CCCCCOCCOCCOCCOCCOCCOCCOCCOCCOCCOCCOCCOc4ccccc4)c3C2=O)C(=O)N1. The summed E-state index contributed by atoms with van der Waals surface area (Å²) in [7, 11) is 0. The van der Waals surface area contributed by atoms with Crippen LogP contribution in [0.2, 0.25) is 0 Å². The molecule has 0 radical (unpaired) electrons.